The lowest BCUT2D eigenvalue weighted by atomic mass is 9.97. The standard InChI is InChI=1S/C23H27N3O3S3/c1-5-14-12(3)31-22(19(14)23(28)29-6-2)26-17(27)11-30-20-18-15-9-7-8-10-16(15)32-21(18)25-13(4)24-20/h5-11H2,1-4H3,(H,26,27). The number of carbonyl (C=O) groups excluding carboxylic acids is 2. The van der Waals surface area contributed by atoms with Crippen LogP contribution in [0.4, 0.5) is 5.00 Å². The third kappa shape index (κ3) is 4.56. The smallest absolute Gasteiger partial charge is 0.341 e. The van der Waals surface area contributed by atoms with Gasteiger partial charge in [-0.05, 0) is 64.0 Å². The molecule has 9 heteroatoms. The molecule has 3 heterocycles. The van der Waals surface area contributed by atoms with E-state index in [4.69, 9.17) is 4.74 Å². The first-order valence-corrected chi connectivity index (χ1v) is 13.6. The van der Waals surface area contributed by atoms with E-state index < -0.39 is 0 Å². The monoisotopic (exact) mass is 489 g/mol. The van der Waals surface area contributed by atoms with Crippen molar-refractivity contribution < 1.29 is 14.3 Å². The lowest BCUT2D eigenvalue weighted by molar-refractivity contribution is -0.113. The van der Waals surface area contributed by atoms with Crippen molar-refractivity contribution in [2.24, 2.45) is 0 Å². The number of rotatable bonds is 7. The minimum atomic E-state index is -0.380. The average molecular weight is 490 g/mol. The highest BCUT2D eigenvalue weighted by atomic mass is 32.2. The first-order chi connectivity index (χ1) is 15.4. The van der Waals surface area contributed by atoms with E-state index in [9.17, 15) is 9.59 Å². The van der Waals surface area contributed by atoms with Crippen molar-refractivity contribution in [1.82, 2.24) is 9.97 Å². The van der Waals surface area contributed by atoms with Gasteiger partial charge in [-0.3, -0.25) is 4.79 Å². The molecule has 1 N–H and O–H groups in total. The Bertz CT molecular complexity index is 1180. The zero-order valence-corrected chi connectivity index (χ0v) is 21.2. The van der Waals surface area contributed by atoms with Crippen LogP contribution in [0.15, 0.2) is 5.03 Å². The van der Waals surface area contributed by atoms with Gasteiger partial charge in [-0.15, -0.1) is 22.7 Å². The normalized spacial score (nSPS) is 13.2. The van der Waals surface area contributed by atoms with Crippen molar-refractivity contribution in [3.63, 3.8) is 0 Å². The highest BCUT2D eigenvalue weighted by molar-refractivity contribution is 8.00. The van der Waals surface area contributed by atoms with Crippen LogP contribution in [0, 0.1) is 13.8 Å². The van der Waals surface area contributed by atoms with Crippen molar-refractivity contribution in [1.29, 1.82) is 0 Å². The summed E-state index contributed by atoms with van der Waals surface area (Å²) in [7, 11) is 0. The van der Waals surface area contributed by atoms with Gasteiger partial charge in [0.2, 0.25) is 5.91 Å². The summed E-state index contributed by atoms with van der Waals surface area (Å²) < 4.78 is 5.24. The number of hydrogen-bond donors (Lipinski definition) is 1. The third-order valence-electron chi connectivity index (χ3n) is 5.53. The molecule has 0 radical (unpaired) electrons. The van der Waals surface area contributed by atoms with Crippen molar-refractivity contribution in [3.05, 3.63) is 32.3 Å². The van der Waals surface area contributed by atoms with Crippen LogP contribution in [0.3, 0.4) is 0 Å². The van der Waals surface area contributed by atoms with E-state index in [2.05, 4.69) is 15.3 Å². The van der Waals surface area contributed by atoms with Crippen LogP contribution >= 0.6 is 34.4 Å². The number of nitrogens with one attached hydrogen (secondary N) is 1. The summed E-state index contributed by atoms with van der Waals surface area (Å²) in [5, 5.41) is 5.53. The van der Waals surface area contributed by atoms with Gasteiger partial charge in [-0.25, -0.2) is 14.8 Å². The molecule has 1 aliphatic rings. The van der Waals surface area contributed by atoms with Gasteiger partial charge in [-0.2, -0.15) is 0 Å². The van der Waals surface area contributed by atoms with E-state index in [1.54, 1.807) is 18.3 Å². The van der Waals surface area contributed by atoms with Gasteiger partial charge >= 0.3 is 5.97 Å². The maximum absolute atomic E-state index is 12.9. The quantitative estimate of drug-likeness (QED) is 0.260. The van der Waals surface area contributed by atoms with Crippen LogP contribution in [-0.4, -0.2) is 34.2 Å². The SMILES string of the molecule is CCOC(=O)c1c(NC(=O)CSc2nc(C)nc3sc4c(c23)CCCC4)sc(C)c1CC. The van der Waals surface area contributed by atoms with Crippen molar-refractivity contribution in [2.75, 3.05) is 17.7 Å². The molecule has 1 aliphatic carbocycles. The van der Waals surface area contributed by atoms with Crippen molar-refractivity contribution in [2.45, 2.75) is 64.8 Å². The Morgan fingerprint density at radius 1 is 1.12 bits per heavy atom. The zero-order valence-electron chi connectivity index (χ0n) is 18.8. The molecule has 0 saturated heterocycles. The topological polar surface area (TPSA) is 81.2 Å². The summed E-state index contributed by atoms with van der Waals surface area (Å²) in [4.78, 5) is 38.2. The fraction of sp³-hybridized carbons (Fsp3) is 0.478. The van der Waals surface area contributed by atoms with Gasteiger partial charge in [-0.1, -0.05) is 18.7 Å². The summed E-state index contributed by atoms with van der Waals surface area (Å²) in [6.07, 6.45) is 5.28. The lowest BCUT2D eigenvalue weighted by Crippen LogP contribution is -2.17. The summed E-state index contributed by atoms with van der Waals surface area (Å²) in [5.74, 6) is 0.411. The molecule has 1 amide bonds. The molecule has 3 aromatic heterocycles. The summed E-state index contributed by atoms with van der Waals surface area (Å²) in [6, 6.07) is 0. The minimum absolute atomic E-state index is 0.155. The number of amides is 1. The summed E-state index contributed by atoms with van der Waals surface area (Å²) in [6.45, 7) is 7.95. The second-order valence-electron chi connectivity index (χ2n) is 7.72. The van der Waals surface area contributed by atoms with Crippen molar-refractivity contribution in [3.8, 4) is 0 Å². The average Bonchev–Trinajstić information content (AvgIpc) is 3.28. The predicted molar refractivity (Wildman–Crippen MR) is 133 cm³/mol. The number of esters is 1. The highest BCUT2D eigenvalue weighted by Gasteiger charge is 2.24. The molecule has 0 unspecified atom stereocenters. The number of aromatic nitrogens is 2. The molecule has 0 saturated carbocycles. The number of thiophene rings is 2. The number of nitrogens with zero attached hydrogens (tertiary/aromatic N) is 2. The number of thioether (sulfide) groups is 1. The minimum Gasteiger partial charge on any atom is -0.462 e. The number of anilines is 1. The first kappa shape index (κ1) is 23.2. The van der Waals surface area contributed by atoms with Crippen LogP contribution in [0.25, 0.3) is 10.2 Å². The van der Waals surface area contributed by atoms with Gasteiger partial charge < -0.3 is 10.1 Å². The molecule has 4 rings (SSSR count). The maximum Gasteiger partial charge on any atom is 0.341 e. The van der Waals surface area contributed by atoms with E-state index in [0.717, 1.165) is 44.3 Å². The fourth-order valence-electron chi connectivity index (χ4n) is 4.14. The Hall–Kier alpha value is -1.97. The van der Waals surface area contributed by atoms with Gasteiger partial charge in [0.25, 0.3) is 0 Å². The van der Waals surface area contributed by atoms with Gasteiger partial charge in [0.05, 0.1) is 17.9 Å². The highest BCUT2D eigenvalue weighted by Crippen LogP contribution is 2.40. The molecular formula is C23H27N3O3S3. The molecule has 0 aliphatic heterocycles. The van der Waals surface area contributed by atoms with Crippen LogP contribution in [-0.2, 0) is 28.8 Å². The maximum atomic E-state index is 12.9. The fourth-order valence-corrected chi connectivity index (χ4v) is 7.56. The molecule has 0 bridgehead atoms. The van der Waals surface area contributed by atoms with Crippen LogP contribution in [0.5, 0.6) is 0 Å². The lowest BCUT2D eigenvalue weighted by Gasteiger charge is -2.12. The molecule has 0 atom stereocenters. The van der Waals surface area contributed by atoms with E-state index >= 15 is 0 Å². The molecule has 0 fully saturated rings. The Balaban J connectivity index is 1.55. The van der Waals surface area contributed by atoms with Crippen molar-refractivity contribution >= 4 is 61.5 Å². The van der Waals surface area contributed by atoms with Crippen LogP contribution < -0.4 is 5.32 Å². The molecule has 6 nitrogen and oxygen atoms in total. The predicted octanol–water partition coefficient (Wildman–Crippen LogP) is 5.72. The van der Waals surface area contributed by atoms with E-state index in [1.165, 1.54) is 46.4 Å². The van der Waals surface area contributed by atoms with Crippen LogP contribution in [0.2, 0.25) is 0 Å². The number of ether oxygens (including phenoxy) is 1. The molecule has 0 spiro atoms. The number of aryl methyl sites for hydroxylation is 4. The van der Waals surface area contributed by atoms with E-state index in [-0.39, 0.29) is 17.6 Å². The van der Waals surface area contributed by atoms with Gasteiger partial charge in [0, 0.05) is 15.1 Å². The summed E-state index contributed by atoms with van der Waals surface area (Å²) in [5.41, 5.74) is 2.79. The third-order valence-corrected chi connectivity index (χ3v) is 8.75. The van der Waals surface area contributed by atoms with Crippen LogP contribution in [0.1, 0.15) is 63.8 Å². The Morgan fingerprint density at radius 2 is 1.91 bits per heavy atom. The molecule has 0 aromatic carbocycles. The number of hydrogen-bond acceptors (Lipinski definition) is 8. The molecular weight excluding hydrogens is 462 g/mol. The van der Waals surface area contributed by atoms with E-state index in [0.29, 0.717) is 23.6 Å². The second kappa shape index (κ2) is 9.89. The Labute approximate surface area is 200 Å². The Kier molecular flexibility index (Phi) is 7.17. The van der Waals surface area contributed by atoms with E-state index in [1.807, 2.05) is 20.8 Å². The molecule has 170 valence electrons. The van der Waals surface area contributed by atoms with Gasteiger partial charge in [0.1, 0.15) is 20.7 Å². The number of fused-ring (bicyclic) bond motifs is 3. The second-order valence-corrected chi connectivity index (χ2v) is 11.0. The number of carbonyl (C=O) groups is 2. The first-order valence-electron chi connectivity index (χ1n) is 10.9. The van der Waals surface area contributed by atoms with Gasteiger partial charge in [0.15, 0.2) is 0 Å². The largest absolute Gasteiger partial charge is 0.462 e. The zero-order chi connectivity index (χ0) is 22.8. The Morgan fingerprint density at radius 3 is 2.66 bits per heavy atom. The molecule has 32 heavy (non-hydrogen) atoms. The summed E-state index contributed by atoms with van der Waals surface area (Å²) >= 11 is 4.64. The molecule has 3 aromatic rings.